The molecule has 0 spiro atoms. The number of hydrogen-bond donors (Lipinski definition) is 1. The van der Waals surface area contributed by atoms with Crippen LogP contribution in [0.5, 0.6) is 5.75 Å². The highest BCUT2D eigenvalue weighted by molar-refractivity contribution is 7.99. The molecule has 0 unspecified atom stereocenters. The molecule has 2 heterocycles. The van der Waals surface area contributed by atoms with Gasteiger partial charge in [-0.2, -0.15) is 0 Å². The minimum Gasteiger partial charge on any atom is -0.497 e. The number of hydrogen-bond acceptors (Lipinski definition) is 6. The summed E-state index contributed by atoms with van der Waals surface area (Å²) in [5.41, 5.74) is 0.900. The van der Waals surface area contributed by atoms with E-state index in [0.717, 1.165) is 17.1 Å². The van der Waals surface area contributed by atoms with Crippen molar-refractivity contribution in [3.63, 3.8) is 0 Å². The van der Waals surface area contributed by atoms with Crippen LogP contribution in [0.25, 0.3) is 11.4 Å². The van der Waals surface area contributed by atoms with Gasteiger partial charge in [0, 0.05) is 11.6 Å². The van der Waals surface area contributed by atoms with Crippen molar-refractivity contribution in [2.75, 3.05) is 12.9 Å². The van der Waals surface area contributed by atoms with E-state index in [2.05, 4.69) is 15.5 Å². The molecule has 0 saturated heterocycles. The zero-order valence-corrected chi connectivity index (χ0v) is 18.3. The molecule has 1 amide bonds. The van der Waals surface area contributed by atoms with E-state index in [1.54, 1.807) is 13.4 Å². The molecule has 0 radical (unpaired) electrons. The van der Waals surface area contributed by atoms with Crippen molar-refractivity contribution in [1.29, 1.82) is 0 Å². The smallest absolute Gasteiger partial charge is 0.230 e. The van der Waals surface area contributed by atoms with E-state index in [0.29, 0.717) is 41.2 Å². The van der Waals surface area contributed by atoms with Gasteiger partial charge in [0.15, 0.2) is 11.0 Å². The molecule has 2 aromatic heterocycles. The second kappa shape index (κ2) is 8.78. The number of nitrogens with zero attached hydrogens (tertiary/aromatic N) is 3. The van der Waals surface area contributed by atoms with Gasteiger partial charge in [-0.05, 0) is 61.8 Å². The number of carbonyl (C=O) groups excluding carboxylic acids is 1. The largest absolute Gasteiger partial charge is 0.497 e. The molecule has 3 aromatic rings. The third-order valence-corrected chi connectivity index (χ3v) is 6.83. The zero-order chi connectivity index (χ0) is 21.2. The molecule has 1 aromatic carbocycles. The summed E-state index contributed by atoms with van der Waals surface area (Å²) >= 11 is 1.41. The van der Waals surface area contributed by atoms with Crippen LogP contribution < -0.4 is 10.1 Å². The van der Waals surface area contributed by atoms with Crippen molar-refractivity contribution in [2.24, 2.45) is 11.8 Å². The van der Waals surface area contributed by atoms with Gasteiger partial charge in [-0.25, -0.2) is 0 Å². The summed E-state index contributed by atoms with van der Waals surface area (Å²) in [5, 5.41) is 12.8. The van der Waals surface area contributed by atoms with E-state index < -0.39 is 0 Å². The quantitative estimate of drug-likeness (QED) is 0.482. The second-order valence-corrected chi connectivity index (χ2v) is 9.20. The van der Waals surface area contributed by atoms with Crippen LogP contribution in [0.4, 0.5) is 0 Å². The molecule has 1 N–H and O–H groups in total. The molecule has 162 valence electrons. The fourth-order valence-corrected chi connectivity index (χ4v) is 4.71. The van der Waals surface area contributed by atoms with Crippen molar-refractivity contribution < 1.29 is 13.9 Å². The summed E-state index contributed by atoms with van der Waals surface area (Å²) in [6.45, 7) is 0.489. The lowest BCUT2D eigenvalue weighted by molar-refractivity contribution is -0.119. The molecule has 0 atom stereocenters. The van der Waals surface area contributed by atoms with Crippen LogP contribution in [0, 0.1) is 11.8 Å². The Bertz CT molecular complexity index is 1030. The van der Waals surface area contributed by atoms with Crippen molar-refractivity contribution in [1.82, 2.24) is 20.1 Å². The molecule has 5 rings (SSSR count). The first-order valence-corrected chi connectivity index (χ1v) is 11.7. The highest BCUT2D eigenvalue weighted by Crippen LogP contribution is 2.44. The van der Waals surface area contributed by atoms with Crippen LogP contribution >= 0.6 is 11.8 Å². The zero-order valence-electron chi connectivity index (χ0n) is 17.5. The molecule has 31 heavy (non-hydrogen) atoms. The molecule has 2 fully saturated rings. The Balaban J connectivity index is 1.33. The van der Waals surface area contributed by atoms with Gasteiger partial charge in [0.2, 0.25) is 5.91 Å². The lowest BCUT2D eigenvalue weighted by atomic mass is 10.1. The summed E-state index contributed by atoms with van der Waals surface area (Å²) < 4.78 is 12.9. The average molecular weight is 439 g/mol. The van der Waals surface area contributed by atoms with Crippen molar-refractivity contribution in [3.8, 4) is 17.1 Å². The van der Waals surface area contributed by atoms with E-state index in [1.807, 2.05) is 41.0 Å². The van der Waals surface area contributed by atoms with E-state index in [-0.39, 0.29) is 5.91 Å². The Morgan fingerprint density at radius 3 is 2.71 bits per heavy atom. The topological polar surface area (TPSA) is 82.2 Å². The number of benzene rings is 1. The normalized spacial score (nSPS) is 15.9. The standard InChI is InChI=1S/C23H26N4O3S/c1-29-18-5-2-4-17(12-18)22-25-26-23(27(22)13-19-6-3-11-30-19)31-14-20(28)24-21(15-7-8-15)16-9-10-16/h2-6,11-12,15-16,21H,7-10,13-14H2,1H3,(H,24,28). The molecular weight excluding hydrogens is 412 g/mol. The first-order valence-electron chi connectivity index (χ1n) is 10.7. The molecule has 8 heteroatoms. The maximum atomic E-state index is 12.7. The van der Waals surface area contributed by atoms with E-state index >= 15 is 0 Å². The van der Waals surface area contributed by atoms with E-state index in [4.69, 9.17) is 9.15 Å². The maximum absolute atomic E-state index is 12.7. The number of thioether (sulfide) groups is 1. The van der Waals surface area contributed by atoms with Crippen LogP contribution in [0.2, 0.25) is 0 Å². The number of ether oxygens (including phenoxy) is 1. The Morgan fingerprint density at radius 2 is 2.03 bits per heavy atom. The van der Waals surface area contributed by atoms with Crippen LogP contribution in [0.1, 0.15) is 31.4 Å². The predicted molar refractivity (Wildman–Crippen MR) is 118 cm³/mol. The highest BCUT2D eigenvalue weighted by Gasteiger charge is 2.42. The second-order valence-electron chi connectivity index (χ2n) is 8.26. The average Bonchev–Trinajstić information content (AvgIpc) is 3.72. The molecule has 2 saturated carbocycles. The van der Waals surface area contributed by atoms with Gasteiger partial charge >= 0.3 is 0 Å². The monoisotopic (exact) mass is 438 g/mol. The molecular formula is C23H26N4O3S. The lowest BCUT2D eigenvalue weighted by Crippen LogP contribution is -2.39. The summed E-state index contributed by atoms with van der Waals surface area (Å²) in [4.78, 5) is 12.7. The van der Waals surface area contributed by atoms with Gasteiger partial charge in [-0.3, -0.25) is 9.36 Å². The molecule has 2 aliphatic carbocycles. The number of rotatable bonds is 10. The van der Waals surface area contributed by atoms with Crippen LogP contribution in [-0.2, 0) is 11.3 Å². The number of amides is 1. The third-order valence-electron chi connectivity index (χ3n) is 5.86. The summed E-state index contributed by atoms with van der Waals surface area (Å²) in [6, 6.07) is 11.9. The number of methoxy groups -OCH3 is 1. The lowest BCUT2D eigenvalue weighted by Gasteiger charge is -2.17. The first-order chi connectivity index (χ1) is 15.2. The highest BCUT2D eigenvalue weighted by atomic mass is 32.2. The number of furan rings is 1. The molecule has 2 aliphatic rings. The van der Waals surface area contributed by atoms with Crippen LogP contribution in [0.15, 0.2) is 52.2 Å². The minimum atomic E-state index is 0.0734. The fraction of sp³-hybridized carbons (Fsp3) is 0.435. The number of aromatic nitrogens is 3. The van der Waals surface area contributed by atoms with Crippen LogP contribution in [-0.4, -0.2) is 39.6 Å². The van der Waals surface area contributed by atoms with Gasteiger partial charge in [0.1, 0.15) is 11.5 Å². The Hall–Kier alpha value is -2.74. The van der Waals surface area contributed by atoms with Crippen LogP contribution in [0.3, 0.4) is 0 Å². The van der Waals surface area contributed by atoms with E-state index in [1.165, 1.54) is 37.4 Å². The summed E-state index contributed by atoms with van der Waals surface area (Å²) in [6.07, 6.45) is 6.64. The molecule has 0 bridgehead atoms. The maximum Gasteiger partial charge on any atom is 0.230 e. The number of nitrogens with one attached hydrogen (secondary N) is 1. The fourth-order valence-electron chi connectivity index (χ4n) is 3.96. The SMILES string of the molecule is COc1cccc(-c2nnc(SCC(=O)NC(C3CC3)C3CC3)n2Cc2ccco2)c1. The van der Waals surface area contributed by atoms with Gasteiger partial charge < -0.3 is 14.5 Å². The number of carbonyl (C=O) groups is 1. The van der Waals surface area contributed by atoms with Gasteiger partial charge in [0.05, 0.1) is 25.7 Å². The predicted octanol–water partition coefficient (Wildman–Crippen LogP) is 3.99. The molecule has 7 nitrogen and oxygen atoms in total. The van der Waals surface area contributed by atoms with E-state index in [9.17, 15) is 4.79 Å². The summed E-state index contributed by atoms with van der Waals surface area (Å²) in [5.74, 6) is 4.04. The Kier molecular flexibility index (Phi) is 5.72. The molecule has 0 aliphatic heterocycles. The Morgan fingerprint density at radius 1 is 1.23 bits per heavy atom. The summed E-state index contributed by atoms with van der Waals surface area (Å²) in [7, 11) is 1.64. The third kappa shape index (κ3) is 4.79. The van der Waals surface area contributed by atoms with Gasteiger partial charge in [-0.15, -0.1) is 10.2 Å². The van der Waals surface area contributed by atoms with Gasteiger partial charge in [0.25, 0.3) is 0 Å². The minimum absolute atomic E-state index is 0.0734. The van der Waals surface area contributed by atoms with Gasteiger partial charge in [-0.1, -0.05) is 23.9 Å². The first kappa shape index (κ1) is 20.2. The van der Waals surface area contributed by atoms with Crippen molar-refractivity contribution in [2.45, 2.75) is 43.4 Å². The van der Waals surface area contributed by atoms with Crippen molar-refractivity contribution in [3.05, 3.63) is 48.4 Å². The Labute approximate surface area is 185 Å². The van der Waals surface area contributed by atoms with Crippen molar-refractivity contribution >= 4 is 17.7 Å².